The Morgan fingerprint density at radius 3 is 2.36 bits per heavy atom. The maximum absolute atomic E-state index is 13.0. The van der Waals surface area contributed by atoms with Gasteiger partial charge in [0.15, 0.2) is 0 Å². The first-order chi connectivity index (χ1) is 13.6. The van der Waals surface area contributed by atoms with Crippen LogP contribution in [0.1, 0.15) is 50.0 Å². The number of benzene rings is 1. The number of nitrogens with zero attached hydrogens (tertiary/aromatic N) is 2. The Balaban J connectivity index is 1.17. The second-order valence-corrected chi connectivity index (χ2v) is 9.12. The summed E-state index contributed by atoms with van der Waals surface area (Å²) in [5.74, 6) is 3.72. The van der Waals surface area contributed by atoms with Gasteiger partial charge in [0.2, 0.25) is 17.6 Å². The van der Waals surface area contributed by atoms with Crippen LogP contribution in [0.3, 0.4) is 0 Å². The van der Waals surface area contributed by atoms with E-state index in [1.807, 2.05) is 24.3 Å². The zero-order chi connectivity index (χ0) is 19.1. The van der Waals surface area contributed by atoms with Gasteiger partial charge >= 0.3 is 0 Å². The summed E-state index contributed by atoms with van der Waals surface area (Å²) < 4.78 is 5.37. The lowest BCUT2D eigenvalue weighted by Gasteiger charge is -2.55. The second-order valence-electron chi connectivity index (χ2n) is 9.12. The molecule has 6 nitrogen and oxygen atoms in total. The molecular formula is C22H28N4O2. The SMILES string of the molecule is NCc1ccc(-c2noc(CCNC(=O)C34CC5CC(CC(C5)C3)C4)n2)cc1. The van der Waals surface area contributed by atoms with Gasteiger partial charge in [-0.25, -0.2) is 0 Å². The first-order valence-corrected chi connectivity index (χ1v) is 10.5. The van der Waals surface area contributed by atoms with Crippen LogP contribution in [-0.4, -0.2) is 22.6 Å². The van der Waals surface area contributed by atoms with Crippen LogP contribution < -0.4 is 11.1 Å². The Morgan fingerprint density at radius 2 is 1.75 bits per heavy atom. The average Bonchev–Trinajstić information content (AvgIpc) is 3.16. The van der Waals surface area contributed by atoms with Crippen LogP contribution in [0.5, 0.6) is 0 Å². The van der Waals surface area contributed by atoms with E-state index in [4.69, 9.17) is 10.3 Å². The molecule has 1 aromatic carbocycles. The van der Waals surface area contributed by atoms with Crippen LogP contribution in [0, 0.1) is 23.2 Å². The van der Waals surface area contributed by atoms with Gasteiger partial charge in [-0.3, -0.25) is 4.79 Å². The molecule has 28 heavy (non-hydrogen) atoms. The van der Waals surface area contributed by atoms with E-state index >= 15 is 0 Å². The third kappa shape index (κ3) is 3.24. The third-order valence-corrected chi connectivity index (χ3v) is 7.06. The van der Waals surface area contributed by atoms with E-state index < -0.39 is 0 Å². The van der Waals surface area contributed by atoms with Crippen molar-refractivity contribution in [2.24, 2.45) is 28.9 Å². The Hall–Kier alpha value is -2.21. The van der Waals surface area contributed by atoms with E-state index in [1.54, 1.807) is 0 Å². The quantitative estimate of drug-likeness (QED) is 0.803. The monoisotopic (exact) mass is 380 g/mol. The summed E-state index contributed by atoms with van der Waals surface area (Å²) in [7, 11) is 0. The molecule has 4 aliphatic carbocycles. The van der Waals surface area contributed by atoms with Crippen molar-refractivity contribution in [1.82, 2.24) is 15.5 Å². The van der Waals surface area contributed by atoms with Gasteiger partial charge in [-0.1, -0.05) is 29.4 Å². The fourth-order valence-electron chi connectivity index (χ4n) is 6.12. The zero-order valence-corrected chi connectivity index (χ0v) is 16.2. The van der Waals surface area contributed by atoms with Crippen LogP contribution in [0.15, 0.2) is 28.8 Å². The summed E-state index contributed by atoms with van der Waals surface area (Å²) in [6, 6.07) is 7.84. The summed E-state index contributed by atoms with van der Waals surface area (Å²) in [4.78, 5) is 17.5. The van der Waals surface area contributed by atoms with E-state index in [2.05, 4.69) is 15.5 Å². The van der Waals surface area contributed by atoms with Crippen molar-refractivity contribution in [3.8, 4) is 11.4 Å². The molecule has 6 rings (SSSR count). The van der Waals surface area contributed by atoms with Gasteiger partial charge in [-0.2, -0.15) is 4.98 Å². The summed E-state index contributed by atoms with van der Waals surface area (Å²) in [6.45, 7) is 1.07. The number of nitrogens with two attached hydrogens (primary N) is 1. The molecule has 148 valence electrons. The fraction of sp³-hybridized carbons (Fsp3) is 0.591. The highest BCUT2D eigenvalue weighted by atomic mass is 16.5. The van der Waals surface area contributed by atoms with E-state index in [1.165, 1.54) is 19.3 Å². The average molecular weight is 380 g/mol. The summed E-state index contributed by atoms with van der Waals surface area (Å²) in [5.41, 5.74) is 7.51. The van der Waals surface area contributed by atoms with Crippen LogP contribution in [-0.2, 0) is 17.8 Å². The predicted octanol–water partition coefficient (Wildman–Crippen LogP) is 3.07. The number of hydrogen-bond donors (Lipinski definition) is 2. The standard InChI is InChI=1S/C22H28N4O2/c23-13-14-1-3-18(4-2-14)20-25-19(28-26-20)5-6-24-21(27)22-10-15-7-16(11-22)9-17(8-15)12-22/h1-4,15-17H,5-13,23H2,(H,24,27). The number of hydrogen-bond acceptors (Lipinski definition) is 5. The molecule has 6 heteroatoms. The molecule has 0 atom stereocenters. The van der Waals surface area contributed by atoms with E-state index in [0.717, 1.165) is 48.1 Å². The molecule has 4 bridgehead atoms. The maximum Gasteiger partial charge on any atom is 0.228 e. The number of amides is 1. The Labute approximate surface area is 165 Å². The highest BCUT2D eigenvalue weighted by Gasteiger charge is 2.54. The van der Waals surface area contributed by atoms with Gasteiger partial charge in [0.1, 0.15) is 0 Å². The smallest absolute Gasteiger partial charge is 0.228 e. The number of carbonyl (C=O) groups is 1. The molecule has 0 saturated heterocycles. The molecule has 0 aliphatic heterocycles. The number of aromatic nitrogens is 2. The minimum Gasteiger partial charge on any atom is -0.355 e. The van der Waals surface area contributed by atoms with Gasteiger partial charge in [-0.05, 0) is 61.8 Å². The second kappa shape index (κ2) is 6.99. The fourth-order valence-corrected chi connectivity index (χ4v) is 6.12. The predicted molar refractivity (Wildman–Crippen MR) is 105 cm³/mol. The normalized spacial score (nSPS) is 30.5. The van der Waals surface area contributed by atoms with Crippen molar-refractivity contribution in [3.05, 3.63) is 35.7 Å². The molecule has 1 heterocycles. The van der Waals surface area contributed by atoms with Crippen LogP contribution in [0.2, 0.25) is 0 Å². The molecular weight excluding hydrogens is 352 g/mol. The van der Waals surface area contributed by atoms with Gasteiger partial charge in [0.05, 0.1) is 0 Å². The largest absolute Gasteiger partial charge is 0.355 e. The van der Waals surface area contributed by atoms with Crippen LogP contribution >= 0.6 is 0 Å². The van der Waals surface area contributed by atoms with Crippen LogP contribution in [0.25, 0.3) is 11.4 Å². The molecule has 2 aromatic rings. The van der Waals surface area contributed by atoms with Crippen molar-refractivity contribution in [3.63, 3.8) is 0 Å². The summed E-state index contributed by atoms with van der Waals surface area (Å²) in [5, 5.41) is 7.24. The molecule has 3 N–H and O–H groups in total. The summed E-state index contributed by atoms with van der Waals surface area (Å²) >= 11 is 0. The molecule has 1 aromatic heterocycles. The lowest BCUT2D eigenvalue weighted by atomic mass is 9.49. The van der Waals surface area contributed by atoms with E-state index in [9.17, 15) is 4.79 Å². The van der Waals surface area contributed by atoms with Gasteiger partial charge in [0.25, 0.3) is 0 Å². The molecule has 0 unspecified atom stereocenters. The molecule has 0 radical (unpaired) electrons. The number of carbonyl (C=O) groups excluding carboxylic acids is 1. The van der Waals surface area contributed by atoms with Gasteiger partial charge in [0, 0.05) is 30.5 Å². The number of nitrogens with one attached hydrogen (secondary N) is 1. The first-order valence-electron chi connectivity index (χ1n) is 10.5. The third-order valence-electron chi connectivity index (χ3n) is 7.06. The van der Waals surface area contributed by atoms with Crippen molar-refractivity contribution >= 4 is 5.91 Å². The van der Waals surface area contributed by atoms with Crippen molar-refractivity contribution in [2.75, 3.05) is 6.54 Å². The lowest BCUT2D eigenvalue weighted by Crippen LogP contribution is -2.53. The van der Waals surface area contributed by atoms with Crippen molar-refractivity contribution in [1.29, 1.82) is 0 Å². The molecule has 4 fully saturated rings. The van der Waals surface area contributed by atoms with Gasteiger partial charge < -0.3 is 15.6 Å². The minimum absolute atomic E-state index is 0.0977. The maximum atomic E-state index is 13.0. The Bertz CT molecular complexity index is 822. The van der Waals surface area contributed by atoms with Crippen molar-refractivity contribution in [2.45, 2.75) is 51.5 Å². The van der Waals surface area contributed by atoms with Gasteiger partial charge in [-0.15, -0.1) is 0 Å². The Kier molecular flexibility index (Phi) is 4.46. The van der Waals surface area contributed by atoms with E-state index in [-0.39, 0.29) is 11.3 Å². The molecule has 4 aliphatic rings. The highest BCUT2D eigenvalue weighted by molar-refractivity contribution is 5.83. The zero-order valence-electron chi connectivity index (χ0n) is 16.2. The topological polar surface area (TPSA) is 94.0 Å². The minimum atomic E-state index is -0.0977. The summed E-state index contributed by atoms with van der Waals surface area (Å²) in [6.07, 6.45) is 7.89. The molecule has 4 saturated carbocycles. The number of rotatable bonds is 6. The molecule has 1 amide bonds. The molecule has 0 spiro atoms. The lowest BCUT2D eigenvalue weighted by molar-refractivity contribution is -0.146. The van der Waals surface area contributed by atoms with Crippen LogP contribution in [0.4, 0.5) is 0 Å². The Morgan fingerprint density at radius 1 is 1.11 bits per heavy atom. The van der Waals surface area contributed by atoms with E-state index in [0.29, 0.717) is 31.2 Å². The first kappa shape index (κ1) is 17.9. The highest BCUT2D eigenvalue weighted by Crippen LogP contribution is 2.60. The van der Waals surface area contributed by atoms with Crippen molar-refractivity contribution < 1.29 is 9.32 Å².